The second-order valence-electron chi connectivity index (χ2n) is 13.0. The largest absolute Gasteiger partial charge is 0.339 e. The van der Waals surface area contributed by atoms with Gasteiger partial charge in [0.1, 0.15) is 11.5 Å². The van der Waals surface area contributed by atoms with Crippen LogP contribution in [0.4, 0.5) is 16.3 Å². The average Bonchev–Trinajstić information content (AvgIpc) is 3.74. The van der Waals surface area contributed by atoms with Crippen molar-refractivity contribution in [3.05, 3.63) is 107 Å². The Kier molecular flexibility index (Phi) is 8.99. The van der Waals surface area contributed by atoms with Crippen molar-refractivity contribution in [2.45, 2.75) is 52.4 Å². The van der Waals surface area contributed by atoms with Gasteiger partial charge >= 0.3 is 6.03 Å². The molecule has 46 heavy (non-hydrogen) atoms. The van der Waals surface area contributed by atoms with Crippen LogP contribution < -0.4 is 10.6 Å². The number of anilines is 2. The molecule has 1 fully saturated rings. The zero-order valence-corrected chi connectivity index (χ0v) is 27.5. The van der Waals surface area contributed by atoms with E-state index in [2.05, 4.69) is 53.1 Å². The van der Waals surface area contributed by atoms with Crippen molar-refractivity contribution < 1.29 is 9.59 Å². The summed E-state index contributed by atoms with van der Waals surface area (Å²) in [5.74, 6) is 1.19. The molecule has 6 rings (SSSR count). The van der Waals surface area contributed by atoms with Crippen LogP contribution in [0.25, 0.3) is 16.9 Å². The number of piperidine rings is 1. The highest BCUT2D eigenvalue weighted by atomic mass is 32.1. The zero-order chi connectivity index (χ0) is 32.3. The monoisotopic (exact) mass is 633 g/mol. The number of carbonyl (C=O) groups is 2. The molecule has 1 aliphatic heterocycles. The van der Waals surface area contributed by atoms with Gasteiger partial charge in [-0.2, -0.15) is 5.10 Å². The molecule has 5 aromatic rings. The van der Waals surface area contributed by atoms with Gasteiger partial charge in [-0.15, -0.1) is 5.10 Å². The molecule has 0 atom stereocenters. The summed E-state index contributed by atoms with van der Waals surface area (Å²) in [4.78, 5) is 28.1. The number of amides is 3. The first-order chi connectivity index (χ1) is 22.1. The van der Waals surface area contributed by atoms with Crippen molar-refractivity contribution in [1.29, 1.82) is 0 Å². The molecule has 236 valence electrons. The van der Waals surface area contributed by atoms with E-state index in [1.165, 1.54) is 17.1 Å². The van der Waals surface area contributed by atoms with Gasteiger partial charge in [-0.3, -0.25) is 10.1 Å². The van der Waals surface area contributed by atoms with E-state index in [9.17, 15) is 9.59 Å². The van der Waals surface area contributed by atoms with Crippen molar-refractivity contribution in [3.8, 4) is 16.9 Å². The first-order valence-electron chi connectivity index (χ1n) is 15.6. The number of carbonyl (C=O) groups excluding carboxylic acids is 2. The lowest BCUT2D eigenvalue weighted by molar-refractivity contribution is 0.0690. The maximum absolute atomic E-state index is 13.1. The fourth-order valence-corrected chi connectivity index (χ4v) is 6.12. The lowest BCUT2D eigenvalue weighted by atomic mass is 9.90. The van der Waals surface area contributed by atoms with Gasteiger partial charge in [0.05, 0.1) is 11.4 Å². The molecule has 3 heterocycles. The summed E-state index contributed by atoms with van der Waals surface area (Å²) in [6.07, 6.45) is 2.86. The number of aryl methyl sites for hydroxylation is 1. The van der Waals surface area contributed by atoms with Gasteiger partial charge in [-0.05, 0) is 85.6 Å². The summed E-state index contributed by atoms with van der Waals surface area (Å²) in [6.45, 7) is 9.85. The third-order valence-electron chi connectivity index (χ3n) is 8.42. The van der Waals surface area contributed by atoms with Crippen molar-refractivity contribution in [2.75, 3.05) is 23.7 Å². The molecule has 1 saturated heterocycles. The standard InChI is InChI=1S/C36H39N7O2S/c1-24-5-15-30(16-6-24)43-33(22-32(40-43)36(2,3)4)38-35(45)37-29-13-7-25(8-14-29)21-26-17-19-42(20-18-26)34(44)28-11-9-27(10-12-28)31-23-46-41-39-31/h5-16,22-23,26H,17-21H2,1-4H3,(H2,37,38,45). The lowest BCUT2D eigenvalue weighted by Gasteiger charge is -2.32. The van der Waals surface area contributed by atoms with Crippen LogP contribution in [-0.2, 0) is 11.8 Å². The molecular formula is C36H39N7O2S. The molecule has 2 aromatic heterocycles. The Morgan fingerprint density at radius 1 is 0.913 bits per heavy atom. The van der Waals surface area contributed by atoms with E-state index >= 15 is 0 Å². The fourth-order valence-electron chi connectivity index (χ4n) is 5.65. The van der Waals surface area contributed by atoms with Crippen molar-refractivity contribution in [1.82, 2.24) is 24.3 Å². The Balaban J connectivity index is 1.01. The lowest BCUT2D eigenvalue weighted by Crippen LogP contribution is -2.38. The predicted molar refractivity (Wildman–Crippen MR) is 184 cm³/mol. The van der Waals surface area contributed by atoms with E-state index in [0.29, 0.717) is 17.3 Å². The molecular weight excluding hydrogens is 595 g/mol. The van der Waals surface area contributed by atoms with Crippen LogP contribution in [0.1, 0.15) is 60.8 Å². The van der Waals surface area contributed by atoms with Crippen LogP contribution in [-0.4, -0.2) is 49.3 Å². The number of hydrogen-bond donors (Lipinski definition) is 2. The van der Waals surface area contributed by atoms with Crippen LogP contribution >= 0.6 is 11.5 Å². The Hall–Kier alpha value is -4.83. The Morgan fingerprint density at radius 2 is 1.61 bits per heavy atom. The molecule has 10 heteroatoms. The SMILES string of the molecule is Cc1ccc(-n2nc(C(C)(C)C)cc2NC(=O)Nc2ccc(CC3CCN(C(=O)c4ccc(-c5csnn5)cc4)CC3)cc2)cc1. The molecule has 2 N–H and O–H groups in total. The number of likely N-dealkylation sites (tertiary alicyclic amines) is 1. The summed E-state index contributed by atoms with van der Waals surface area (Å²) < 4.78 is 5.69. The number of urea groups is 1. The molecule has 1 aliphatic rings. The summed E-state index contributed by atoms with van der Waals surface area (Å²) >= 11 is 1.31. The molecule has 9 nitrogen and oxygen atoms in total. The number of nitrogens with one attached hydrogen (secondary N) is 2. The van der Waals surface area contributed by atoms with Crippen molar-refractivity contribution in [2.24, 2.45) is 5.92 Å². The van der Waals surface area contributed by atoms with Crippen LogP contribution in [0.5, 0.6) is 0 Å². The molecule has 0 bridgehead atoms. The minimum Gasteiger partial charge on any atom is -0.339 e. The van der Waals surface area contributed by atoms with Crippen molar-refractivity contribution >= 4 is 35.0 Å². The molecule has 0 radical (unpaired) electrons. The van der Waals surface area contributed by atoms with Gasteiger partial charge in [-0.1, -0.05) is 67.2 Å². The van der Waals surface area contributed by atoms with Crippen molar-refractivity contribution in [3.63, 3.8) is 0 Å². The van der Waals surface area contributed by atoms with Gasteiger partial charge in [0.25, 0.3) is 5.91 Å². The molecule has 3 amide bonds. The Morgan fingerprint density at radius 3 is 2.24 bits per heavy atom. The van der Waals surface area contributed by atoms with Crippen LogP contribution in [0.2, 0.25) is 0 Å². The zero-order valence-electron chi connectivity index (χ0n) is 26.7. The third kappa shape index (κ3) is 7.34. The van der Waals surface area contributed by atoms with Gasteiger partial charge < -0.3 is 10.2 Å². The van der Waals surface area contributed by atoms with E-state index in [-0.39, 0.29) is 17.4 Å². The number of rotatable bonds is 7. The first-order valence-corrected chi connectivity index (χ1v) is 16.5. The Labute approximate surface area is 273 Å². The van der Waals surface area contributed by atoms with E-state index in [1.807, 2.05) is 83.9 Å². The maximum atomic E-state index is 13.1. The smallest absolute Gasteiger partial charge is 0.324 e. The van der Waals surface area contributed by atoms with E-state index in [0.717, 1.165) is 66.2 Å². The number of hydrogen-bond acceptors (Lipinski definition) is 6. The van der Waals surface area contributed by atoms with E-state index < -0.39 is 0 Å². The van der Waals surface area contributed by atoms with Crippen LogP contribution in [0.15, 0.2) is 84.2 Å². The minimum absolute atomic E-state index is 0.0756. The minimum atomic E-state index is -0.326. The number of nitrogens with zero attached hydrogens (tertiary/aromatic N) is 5. The molecule has 0 spiro atoms. The normalized spacial score (nSPS) is 13.9. The summed E-state index contributed by atoms with van der Waals surface area (Å²) in [7, 11) is 0. The van der Waals surface area contributed by atoms with Gasteiger partial charge in [0.2, 0.25) is 0 Å². The van der Waals surface area contributed by atoms with Gasteiger partial charge in [-0.25, -0.2) is 9.48 Å². The summed E-state index contributed by atoms with van der Waals surface area (Å²) in [5.41, 5.74) is 7.19. The fraction of sp³-hybridized carbons (Fsp3) is 0.306. The molecule has 3 aromatic carbocycles. The van der Waals surface area contributed by atoms with Gasteiger partial charge in [0, 0.05) is 46.8 Å². The first kappa shape index (κ1) is 31.2. The molecule has 0 saturated carbocycles. The van der Waals surface area contributed by atoms with E-state index in [4.69, 9.17) is 5.10 Å². The number of aromatic nitrogens is 4. The number of benzene rings is 3. The summed E-state index contributed by atoms with van der Waals surface area (Å²) in [5, 5.41) is 16.7. The van der Waals surface area contributed by atoms with Crippen LogP contribution in [0, 0.1) is 12.8 Å². The third-order valence-corrected chi connectivity index (χ3v) is 8.93. The predicted octanol–water partition coefficient (Wildman–Crippen LogP) is 7.74. The quantitative estimate of drug-likeness (QED) is 0.191. The average molecular weight is 634 g/mol. The second kappa shape index (κ2) is 13.3. The van der Waals surface area contributed by atoms with Gasteiger partial charge in [0.15, 0.2) is 0 Å². The topological polar surface area (TPSA) is 105 Å². The highest BCUT2D eigenvalue weighted by Gasteiger charge is 2.24. The molecule has 0 unspecified atom stereocenters. The van der Waals surface area contributed by atoms with Crippen LogP contribution in [0.3, 0.4) is 0 Å². The second-order valence-corrected chi connectivity index (χ2v) is 13.6. The summed E-state index contributed by atoms with van der Waals surface area (Å²) in [6, 6.07) is 25.3. The highest BCUT2D eigenvalue weighted by Crippen LogP contribution is 2.28. The van der Waals surface area contributed by atoms with E-state index in [1.54, 1.807) is 4.68 Å². The highest BCUT2D eigenvalue weighted by molar-refractivity contribution is 7.03. The Bertz CT molecular complexity index is 1780. The maximum Gasteiger partial charge on any atom is 0.324 e. The molecule has 0 aliphatic carbocycles.